The van der Waals surface area contributed by atoms with Crippen LogP contribution in [0.2, 0.25) is 0 Å². The van der Waals surface area contributed by atoms with E-state index in [9.17, 15) is 0 Å². The Hall–Kier alpha value is -0.480. The molecule has 0 aliphatic carbocycles. The Kier molecular flexibility index (Phi) is 4.48. The van der Waals surface area contributed by atoms with Gasteiger partial charge in [0, 0.05) is 30.3 Å². The molecule has 2 N–H and O–H groups in total. The number of nitrogens with zero attached hydrogens (tertiary/aromatic N) is 2. The molecule has 0 fully saturated rings. The first kappa shape index (κ1) is 11.6. The zero-order chi connectivity index (χ0) is 10.6. The second kappa shape index (κ2) is 5.41. The lowest BCUT2D eigenvalue weighted by Gasteiger charge is -2.07. The molecule has 1 heterocycles. The Balaban J connectivity index is 2.34. The van der Waals surface area contributed by atoms with Crippen LogP contribution in [0.1, 0.15) is 24.7 Å². The molecule has 0 radical (unpaired) electrons. The van der Waals surface area contributed by atoms with Gasteiger partial charge in [-0.25, -0.2) is 0 Å². The molecular formula is C10H19N3S. The highest BCUT2D eigenvalue weighted by molar-refractivity contribution is 7.98. The van der Waals surface area contributed by atoms with E-state index >= 15 is 0 Å². The Morgan fingerprint density at radius 2 is 2.36 bits per heavy atom. The molecule has 4 heteroatoms. The average molecular weight is 213 g/mol. The molecule has 1 atom stereocenters. The Morgan fingerprint density at radius 1 is 1.64 bits per heavy atom. The zero-order valence-electron chi connectivity index (χ0n) is 9.16. The molecule has 0 amide bonds. The van der Waals surface area contributed by atoms with Gasteiger partial charge >= 0.3 is 0 Å². The normalized spacial score (nSPS) is 13.1. The summed E-state index contributed by atoms with van der Waals surface area (Å²) in [6, 6.07) is 2.46. The fourth-order valence-electron chi connectivity index (χ4n) is 1.23. The van der Waals surface area contributed by atoms with E-state index < -0.39 is 0 Å². The van der Waals surface area contributed by atoms with Crippen LogP contribution in [0.3, 0.4) is 0 Å². The number of hydrogen-bond donors (Lipinski definition) is 1. The molecule has 80 valence electrons. The molecule has 0 aliphatic rings. The summed E-state index contributed by atoms with van der Waals surface area (Å²) < 4.78 is 1.94. The highest BCUT2D eigenvalue weighted by atomic mass is 32.2. The van der Waals surface area contributed by atoms with Crippen LogP contribution in [0.5, 0.6) is 0 Å². The molecule has 3 nitrogen and oxygen atoms in total. The average Bonchev–Trinajstić information content (AvgIpc) is 2.45. The topological polar surface area (TPSA) is 43.8 Å². The van der Waals surface area contributed by atoms with Gasteiger partial charge in [-0.2, -0.15) is 16.9 Å². The van der Waals surface area contributed by atoms with E-state index in [-0.39, 0.29) is 0 Å². The predicted octanol–water partition coefficient (Wildman–Crippen LogP) is 1.70. The maximum Gasteiger partial charge on any atom is 0.0596 e. The number of rotatable bonds is 5. The van der Waals surface area contributed by atoms with Crippen molar-refractivity contribution >= 4 is 11.8 Å². The first-order valence-corrected chi connectivity index (χ1v) is 6.11. The number of aryl methyl sites for hydroxylation is 2. The standard InChI is InChI=1S/C10H19N3S/c1-4-9(11)6-14-7-10-5-8(2)12-13(10)3/h5,9H,4,6-7,11H2,1-3H3. The summed E-state index contributed by atoms with van der Waals surface area (Å²) >= 11 is 1.88. The summed E-state index contributed by atoms with van der Waals surface area (Å²) in [6.07, 6.45) is 1.05. The van der Waals surface area contributed by atoms with Gasteiger partial charge in [-0.15, -0.1) is 0 Å². The van der Waals surface area contributed by atoms with Crippen LogP contribution in [0.25, 0.3) is 0 Å². The van der Waals surface area contributed by atoms with Gasteiger partial charge < -0.3 is 5.73 Å². The summed E-state index contributed by atoms with van der Waals surface area (Å²) in [4.78, 5) is 0. The van der Waals surface area contributed by atoms with Gasteiger partial charge in [0.25, 0.3) is 0 Å². The number of thioether (sulfide) groups is 1. The van der Waals surface area contributed by atoms with Gasteiger partial charge in [0.05, 0.1) is 5.69 Å². The van der Waals surface area contributed by atoms with Crippen molar-refractivity contribution in [3.05, 3.63) is 17.5 Å². The van der Waals surface area contributed by atoms with Crippen LogP contribution in [-0.2, 0) is 12.8 Å². The Labute approximate surface area is 90.1 Å². The Bertz CT molecular complexity index is 283. The van der Waals surface area contributed by atoms with Crippen LogP contribution < -0.4 is 5.73 Å². The van der Waals surface area contributed by atoms with Crippen molar-refractivity contribution in [3.63, 3.8) is 0 Å². The smallest absolute Gasteiger partial charge is 0.0596 e. The van der Waals surface area contributed by atoms with Gasteiger partial charge in [0.1, 0.15) is 0 Å². The van der Waals surface area contributed by atoms with E-state index in [1.807, 2.05) is 30.4 Å². The van der Waals surface area contributed by atoms with Gasteiger partial charge in [-0.3, -0.25) is 4.68 Å². The number of nitrogens with two attached hydrogens (primary N) is 1. The van der Waals surface area contributed by atoms with Crippen molar-refractivity contribution in [1.29, 1.82) is 0 Å². The van der Waals surface area contributed by atoms with Gasteiger partial charge in [-0.1, -0.05) is 6.92 Å². The van der Waals surface area contributed by atoms with Gasteiger partial charge in [0.2, 0.25) is 0 Å². The quantitative estimate of drug-likeness (QED) is 0.809. The SMILES string of the molecule is CCC(N)CSCc1cc(C)nn1C. The minimum atomic E-state index is 0.328. The Morgan fingerprint density at radius 3 is 2.86 bits per heavy atom. The fourth-order valence-corrected chi connectivity index (χ4v) is 2.37. The molecule has 0 aromatic carbocycles. The monoisotopic (exact) mass is 213 g/mol. The highest BCUT2D eigenvalue weighted by Gasteiger charge is 2.03. The van der Waals surface area contributed by atoms with Crippen molar-refractivity contribution in [2.45, 2.75) is 32.1 Å². The van der Waals surface area contributed by atoms with E-state index in [1.165, 1.54) is 5.69 Å². The summed E-state index contributed by atoms with van der Waals surface area (Å²) in [6.45, 7) is 4.14. The molecule has 1 aromatic rings. The summed E-state index contributed by atoms with van der Waals surface area (Å²) in [5.74, 6) is 2.03. The summed E-state index contributed by atoms with van der Waals surface area (Å²) in [5.41, 5.74) is 8.20. The largest absolute Gasteiger partial charge is 0.327 e. The molecule has 0 saturated carbocycles. The number of aromatic nitrogens is 2. The van der Waals surface area contributed by atoms with Crippen molar-refractivity contribution < 1.29 is 0 Å². The highest BCUT2D eigenvalue weighted by Crippen LogP contribution is 2.13. The van der Waals surface area contributed by atoms with Crippen LogP contribution >= 0.6 is 11.8 Å². The van der Waals surface area contributed by atoms with E-state index in [2.05, 4.69) is 18.1 Å². The molecule has 0 bridgehead atoms. The first-order valence-electron chi connectivity index (χ1n) is 4.96. The molecule has 0 spiro atoms. The van der Waals surface area contributed by atoms with E-state index in [0.717, 1.165) is 23.6 Å². The summed E-state index contributed by atoms with van der Waals surface area (Å²) in [7, 11) is 1.99. The third-order valence-corrected chi connectivity index (χ3v) is 3.37. The molecule has 1 unspecified atom stereocenters. The van der Waals surface area contributed by atoms with Crippen LogP contribution in [0, 0.1) is 6.92 Å². The second-order valence-electron chi connectivity index (χ2n) is 3.58. The lowest BCUT2D eigenvalue weighted by molar-refractivity contribution is 0.718. The predicted molar refractivity (Wildman–Crippen MR) is 62.4 cm³/mol. The van der Waals surface area contributed by atoms with E-state index in [0.29, 0.717) is 6.04 Å². The first-order chi connectivity index (χ1) is 6.63. The third kappa shape index (κ3) is 3.35. The lowest BCUT2D eigenvalue weighted by atomic mass is 10.3. The lowest BCUT2D eigenvalue weighted by Crippen LogP contribution is -2.21. The third-order valence-electron chi connectivity index (χ3n) is 2.21. The van der Waals surface area contributed by atoms with E-state index in [1.54, 1.807) is 0 Å². The van der Waals surface area contributed by atoms with Crippen molar-refractivity contribution in [2.75, 3.05) is 5.75 Å². The molecule has 0 aliphatic heterocycles. The molecule has 0 saturated heterocycles. The van der Waals surface area contributed by atoms with Gasteiger partial charge in [-0.05, 0) is 19.4 Å². The van der Waals surface area contributed by atoms with Crippen LogP contribution in [0.15, 0.2) is 6.07 Å². The maximum atomic E-state index is 5.84. The van der Waals surface area contributed by atoms with Crippen molar-refractivity contribution in [2.24, 2.45) is 12.8 Å². The molecule has 14 heavy (non-hydrogen) atoms. The fraction of sp³-hybridized carbons (Fsp3) is 0.700. The number of hydrogen-bond acceptors (Lipinski definition) is 3. The van der Waals surface area contributed by atoms with Crippen molar-refractivity contribution in [1.82, 2.24) is 9.78 Å². The molecule has 1 rings (SSSR count). The van der Waals surface area contributed by atoms with Gasteiger partial charge in [0.15, 0.2) is 0 Å². The minimum absolute atomic E-state index is 0.328. The van der Waals surface area contributed by atoms with Crippen LogP contribution in [-0.4, -0.2) is 21.6 Å². The molecular weight excluding hydrogens is 194 g/mol. The molecule has 1 aromatic heterocycles. The maximum absolute atomic E-state index is 5.84. The van der Waals surface area contributed by atoms with Crippen molar-refractivity contribution in [3.8, 4) is 0 Å². The summed E-state index contributed by atoms with van der Waals surface area (Å²) in [5, 5.41) is 4.30. The minimum Gasteiger partial charge on any atom is -0.327 e. The second-order valence-corrected chi connectivity index (χ2v) is 4.61. The van der Waals surface area contributed by atoms with E-state index in [4.69, 9.17) is 5.73 Å². The zero-order valence-corrected chi connectivity index (χ0v) is 9.97. The van der Waals surface area contributed by atoms with Crippen LogP contribution in [0.4, 0.5) is 0 Å².